The van der Waals surface area contributed by atoms with Crippen LogP contribution in [0.1, 0.15) is 22.4 Å². The molecule has 0 bridgehead atoms. The van der Waals surface area contributed by atoms with Gasteiger partial charge in [0, 0.05) is 10.6 Å². The number of benzene rings is 1. The van der Waals surface area contributed by atoms with Gasteiger partial charge in [-0.05, 0) is 49.4 Å². The molecule has 1 aliphatic carbocycles. The number of thiophene rings is 1. The van der Waals surface area contributed by atoms with E-state index in [0.29, 0.717) is 0 Å². The zero-order valence-electron chi connectivity index (χ0n) is 13.5. The summed E-state index contributed by atoms with van der Waals surface area (Å²) in [6, 6.07) is 8.05. The first-order chi connectivity index (χ1) is 11.7. The first kappa shape index (κ1) is 15.7. The first-order valence-corrected chi connectivity index (χ1v) is 9.87. The maximum absolute atomic E-state index is 13.3. The van der Waals surface area contributed by atoms with E-state index in [1.807, 2.05) is 37.3 Å². The molecule has 0 N–H and O–H groups in total. The number of fused-ring (bicyclic) bond motifs is 3. The highest BCUT2D eigenvalue weighted by Gasteiger charge is 2.23. The molecular weight excluding hydrogens is 336 g/mol. The Morgan fingerprint density at radius 3 is 3.08 bits per heavy atom. The van der Waals surface area contributed by atoms with Crippen LogP contribution in [0.4, 0.5) is 0 Å². The van der Waals surface area contributed by atoms with Crippen molar-refractivity contribution in [2.75, 3.05) is 5.75 Å². The molecule has 3 nitrogen and oxygen atoms in total. The molecule has 0 amide bonds. The molecule has 2 heterocycles. The molecule has 122 valence electrons. The van der Waals surface area contributed by atoms with Crippen molar-refractivity contribution in [3.8, 4) is 5.69 Å². The van der Waals surface area contributed by atoms with Gasteiger partial charge < -0.3 is 0 Å². The summed E-state index contributed by atoms with van der Waals surface area (Å²) in [4.78, 5) is 20.4. The number of rotatable bonds is 4. The Labute approximate surface area is 149 Å². The normalized spacial score (nSPS) is 13.4. The number of nitrogens with zero attached hydrogens (tertiary/aromatic N) is 2. The van der Waals surface area contributed by atoms with E-state index in [4.69, 9.17) is 4.98 Å². The number of thioether (sulfide) groups is 1. The van der Waals surface area contributed by atoms with Crippen LogP contribution in [0.25, 0.3) is 15.9 Å². The lowest BCUT2D eigenvalue weighted by Gasteiger charge is -2.12. The molecule has 0 spiro atoms. The summed E-state index contributed by atoms with van der Waals surface area (Å²) in [5.74, 6) is 0.731. The summed E-state index contributed by atoms with van der Waals surface area (Å²) >= 11 is 3.25. The lowest BCUT2D eigenvalue weighted by Crippen LogP contribution is -2.22. The van der Waals surface area contributed by atoms with E-state index in [2.05, 4.69) is 6.58 Å². The largest absolute Gasteiger partial charge is 0.268 e. The number of aromatic nitrogens is 2. The molecule has 4 rings (SSSR count). The van der Waals surface area contributed by atoms with Gasteiger partial charge in [-0.2, -0.15) is 0 Å². The summed E-state index contributed by atoms with van der Waals surface area (Å²) in [5.41, 5.74) is 3.32. The van der Waals surface area contributed by atoms with E-state index >= 15 is 0 Å². The Morgan fingerprint density at radius 2 is 2.29 bits per heavy atom. The molecule has 5 heteroatoms. The van der Waals surface area contributed by atoms with Crippen LogP contribution in [0, 0.1) is 6.92 Å². The second-order valence-electron chi connectivity index (χ2n) is 6.01. The van der Waals surface area contributed by atoms with Crippen molar-refractivity contribution in [2.24, 2.45) is 0 Å². The molecule has 0 fully saturated rings. The van der Waals surface area contributed by atoms with Crippen LogP contribution < -0.4 is 5.56 Å². The molecule has 1 aliphatic rings. The molecule has 2 aromatic heterocycles. The molecule has 0 saturated heterocycles. The van der Waals surface area contributed by atoms with E-state index in [0.717, 1.165) is 51.6 Å². The molecule has 1 aromatic carbocycles. The molecule has 0 atom stereocenters. The van der Waals surface area contributed by atoms with Gasteiger partial charge in [0.1, 0.15) is 4.83 Å². The van der Waals surface area contributed by atoms with Crippen molar-refractivity contribution in [2.45, 2.75) is 31.3 Å². The molecule has 0 saturated carbocycles. The van der Waals surface area contributed by atoms with Crippen molar-refractivity contribution < 1.29 is 0 Å². The monoisotopic (exact) mass is 354 g/mol. The van der Waals surface area contributed by atoms with Crippen LogP contribution in [-0.2, 0) is 12.8 Å². The summed E-state index contributed by atoms with van der Waals surface area (Å²) in [6.45, 7) is 5.83. The summed E-state index contributed by atoms with van der Waals surface area (Å²) in [5, 5.41) is 1.58. The molecule has 0 unspecified atom stereocenters. The summed E-state index contributed by atoms with van der Waals surface area (Å²) in [7, 11) is 0. The Balaban J connectivity index is 2.03. The molecule has 3 aromatic rings. The zero-order chi connectivity index (χ0) is 16.7. The molecule has 0 aliphatic heterocycles. The third-order valence-corrected chi connectivity index (χ3v) is 6.42. The zero-order valence-corrected chi connectivity index (χ0v) is 15.2. The minimum Gasteiger partial charge on any atom is -0.268 e. The Morgan fingerprint density at radius 1 is 1.42 bits per heavy atom. The van der Waals surface area contributed by atoms with Crippen molar-refractivity contribution in [3.63, 3.8) is 0 Å². The van der Waals surface area contributed by atoms with E-state index in [-0.39, 0.29) is 5.56 Å². The Bertz CT molecular complexity index is 1000. The topological polar surface area (TPSA) is 34.9 Å². The lowest BCUT2D eigenvalue weighted by molar-refractivity contribution is 0.820. The van der Waals surface area contributed by atoms with Crippen LogP contribution in [-0.4, -0.2) is 15.3 Å². The van der Waals surface area contributed by atoms with Gasteiger partial charge in [0.15, 0.2) is 5.16 Å². The van der Waals surface area contributed by atoms with Gasteiger partial charge in [-0.3, -0.25) is 9.36 Å². The third-order valence-electron chi connectivity index (χ3n) is 4.30. The SMILES string of the molecule is C=CCSc1nc2sc3c(c2c(=O)n1-c1cccc(C)c1)CCC3. The van der Waals surface area contributed by atoms with Crippen LogP contribution in [0.3, 0.4) is 0 Å². The fraction of sp³-hybridized carbons (Fsp3) is 0.263. The van der Waals surface area contributed by atoms with Crippen LogP contribution in [0.5, 0.6) is 0 Å². The van der Waals surface area contributed by atoms with Crippen molar-refractivity contribution in [1.82, 2.24) is 9.55 Å². The van der Waals surface area contributed by atoms with Crippen LogP contribution in [0.15, 0.2) is 46.9 Å². The van der Waals surface area contributed by atoms with Gasteiger partial charge in [0.25, 0.3) is 5.56 Å². The third kappa shape index (κ3) is 2.52. The van der Waals surface area contributed by atoms with E-state index in [1.165, 1.54) is 10.4 Å². The first-order valence-electron chi connectivity index (χ1n) is 8.07. The summed E-state index contributed by atoms with van der Waals surface area (Å²) < 4.78 is 1.77. The van der Waals surface area contributed by atoms with Gasteiger partial charge in [0.05, 0.1) is 11.1 Å². The maximum atomic E-state index is 13.3. The highest BCUT2D eigenvalue weighted by Crippen LogP contribution is 2.36. The van der Waals surface area contributed by atoms with Crippen LogP contribution >= 0.6 is 23.1 Å². The van der Waals surface area contributed by atoms with Gasteiger partial charge in [-0.1, -0.05) is 30.0 Å². The minimum atomic E-state index is 0.0663. The van der Waals surface area contributed by atoms with Gasteiger partial charge in [-0.25, -0.2) is 4.98 Å². The van der Waals surface area contributed by atoms with Gasteiger partial charge in [0.2, 0.25) is 0 Å². The van der Waals surface area contributed by atoms with E-state index < -0.39 is 0 Å². The fourth-order valence-electron chi connectivity index (χ4n) is 3.25. The van der Waals surface area contributed by atoms with Crippen molar-refractivity contribution in [3.05, 3.63) is 63.3 Å². The predicted molar refractivity (Wildman–Crippen MR) is 103 cm³/mol. The maximum Gasteiger partial charge on any atom is 0.267 e. The lowest BCUT2D eigenvalue weighted by atomic mass is 10.2. The Hall–Kier alpha value is -1.85. The minimum absolute atomic E-state index is 0.0663. The number of hydrogen-bond acceptors (Lipinski definition) is 4. The standard InChI is InChI=1S/C19H18N2OS2/c1-3-10-23-19-20-17-16(14-8-5-9-15(14)24-17)18(22)21(19)13-7-4-6-12(2)11-13/h3-4,6-7,11H,1,5,8-10H2,2H3. The molecule has 24 heavy (non-hydrogen) atoms. The Kier molecular flexibility index (Phi) is 4.06. The fourth-order valence-corrected chi connectivity index (χ4v) is 5.30. The second kappa shape index (κ2) is 6.22. The predicted octanol–water partition coefficient (Wildman–Crippen LogP) is 4.52. The molecular formula is C19H18N2OS2. The van der Waals surface area contributed by atoms with Crippen molar-refractivity contribution >= 4 is 33.3 Å². The van der Waals surface area contributed by atoms with E-state index in [9.17, 15) is 4.79 Å². The van der Waals surface area contributed by atoms with Gasteiger partial charge in [-0.15, -0.1) is 17.9 Å². The number of hydrogen-bond donors (Lipinski definition) is 0. The highest BCUT2D eigenvalue weighted by molar-refractivity contribution is 7.99. The highest BCUT2D eigenvalue weighted by atomic mass is 32.2. The van der Waals surface area contributed by atoms with Crippen LogP contribution in [0.2, 0.25) is 0 Å². The smallest absolute Gasteiger partial charge is 0.267 e. The quantitative estimate of drug-likeness (QED) is 0.392. The average molecular weight is 355 g/mol. The van der Waals surface area contributed by atoms with E-state index in [1.54, 1.807) is 27.7 Å². The second-order valence-corrected chi connectivity index (χ2v) is 8.08. The number of aryl methyl sites for hydroxylation is 3. The van der Waals surface area contributed by atoms with Crippen molar-refractivity contribution in [1.29, 1.82) is 0 Å². The molecule has 0 radical (unpaired) electrons. The summed E-state index contributed by atoms with van der Waals surface area (Å²) in [6.07, 6.45) is 5.07. The van der Waals surface area contributed by atoms with Gasteiger partial charge >= 0.3 is 0 Å². The average Bonchev–Trinajstić information content (AvgIpc) is 3.13.